The summed E-state index contributed by atoms with van der Waals surface area (Å²) in [5.74, 6) is -0.723. The number of aryl methyl sites for hydroxylation is 1. The number of carbonyl (C=O) groups is 1. The van der Waals surface area contributed by atoms with Gasteiger partial charge in [-0.2, -0.15) is 9.57 Å². The van der Waals surface area contributed by atoms with Gasteiger partial charge in [0.15, 0.2) is 0 Å². The molecule has 28 heavy (non-hydrogen) atoms. The number of amides is 1. The number of nitrogens with zero attached hydrogens (tertiary/aromatic N) is 2. The first-order valence-corrected chi connectivity index (χ1v) is 11.4. The molecule has 1 aromatic heterocycles. The number of piperidine rings is 1. The van der Waals surface area contributed by atoms with E-state index in [1.165, 1.54) is 39.9 Å². The van der Waals surface area contributed by atoms with Crippen LogP contribution in [0.4, 0.5) is 5.00 Å². The van der Waals surface area contributed by atoms with Gasteiger partial charge in [-0.3, -0.25) is 4.79 Å². The van der Waals surface area contributed by atoms with E-state index in [9.17, 15) is 18.5 Å². The lowest BCUT2D eigenvalue weighted by Crippen LogP contribution is -2.43. The number of rotatable bonds is 4. The van der Waals surface area contributed by atoms with Crippen molar-refractivity contribution in [3.05, 3.63) is 45.3 Å². The number of benzene rings is 1. The van der Waals surface area contributed by atoms with Crippen molar-refractivity contribution in [3.63, 3.8) is 0 Å². The predicted octanol–water partition coefficient (Wildman–Crippen LogP) is 3.93. The van der Waals surface area contributed by atoms with E-state index in [4.69, 9.17) is 11.6 Å². The van der Waals surface area contributed by atoms with Crippen LogP contribution in [-0.4, -0.2) is 31.7 Å². The second kappa shape index (κ2) is 8.21. The standard InChI is InChI=1S/C19H20ClN3O3S2/c1-12-13(2)27-19(17(12)10-21)22-18(24)14-4-3-9-23(11-14)28(25,26)16-7-5-15(20)6-8-16/h5-8,14H,3-4,9,11H2,1-2H3,(H,22,24)/t14-/m0/s1. The van der Waals surface area contributed by atoms with Crippen molar-refractivity contribution in [3.8, 4) is 6.07 Å². The van der Waals surface area contributed by atoms with Crippen molar-refractivity contribution in [2.75, 3.05) is 18.4 Å². The third kappa shape index (κ3) is 4.08. The third-order valence-corrected chi connectivity index (χ3v) is 8.19. The van der Waals surface area contributed by atoms with Crippen LogP contribution in [0, 0.1) is 31.1 Å². The number of anilines is 1. The monoisotopic (exact) mass is 437 g/mol. The third-order valence-electron chi connectivity index (χ3n) is 4.94. The molecule has 1 aliphatic rings. The molecular weight excluding hydrogens is 418 g/mol. The van der Waals surface area contributed by atoms with Crippen molar-refractivity contribution in [2.24, 2.45) is 5.92 Å². The molecule has 2 heterocycles. The Balaban J connectivity index is 1.76. The Morgan fingerprint density at radius 1 is 1.32 bits per heavy atom. The SMILES string of the molecule is Cc1sc(NC(=O)[C@H]2CCCN(S(=O)(=O)c3ccc(Cl)cc3)C2)c(C#N)c1C. The smallest absolute Gasteiger partial charge is 0.243 e. The molecular formula is C19H20ClN3O3S2. The van der Waals surface area contributed by atoms with E-state index >= 15 is 0 Å². The molecule has 9 heteroatoms. The summed E-state index contributed by atoms with van der Waals surface area (Å²) in [6.45, 7) is 4.23. The lowest BCUT2D eigenvalue weighted by Gasteiger charge is -2.31. The van der Waals surface area contributed by atoms with Gasteiger partial charge in [0.1, 0.15) is 11.1 Å². The molecule has 0 radical (unpaired) electrons. The molecule has 1 atom stereocenters. The summed E-state index contributed by atoms with van der Waals surface area (Å²) < 4.78 is 27.1. The zero-order valence-corrected chi connectivity index (χ0v) is 17.9. The van der Waals surface area contributed by atoms with Gasteiger partial charge < -0.3 is 5.32 Å². The molecule has 1 N–H and O–H groups in total. The van der Waals surface area contributed by atoms with Crippen LogP contribution >= 0.6 is 22.9 Å². The lowest BCUT2D eigenvalue weighted by atomic mass is 9.99. The maximum Gasteiger partial charge on any atom is 0.243 e. The van der Waals surface area contributed by atoms with Crippen molar-refractivity contribution in [2.45, 2.75) is 31.6 Å². The summed E-state index contributed by atoms with van der Waals surface area (Å²) in [5.41, 5.74) is 1.33. The highest BCUT2D eigenvalue weighted by Crippen LogP contribution is 2.33. The number of nitrogens with one attached hydrogen (secondary N) is 1. The molecule has 0 aliphatic carbocycles. The van der Waals surface area contributed by atoms with Gasteiger partial charge in [0.25, 0.3) is 0 Å². The maximum absolute atomic E-state index is 12.9. The van der Waals surface area contributed by atoms with E-state index in [1.54, 1.807) is 0 Å². The normalized spacial score (nSPS) is 17.9. The van der Waals surface area contributed by atoms with Gasteiger partial charge >= 0.3 is 0 Å². The highest BCUT2D eigenvalue weighted by molar-refractivity contribution is 7.89. The molecule has 1 amide bonds. The number of thiophene rings is 1. The minimum absolute atomic E-state index is 0.113. The van der Waals surface area contributed by atoms with E-state index in [2.05, 4.69) is 11.4 Å². The highest BCUT2D eigenvalue weighted by Gasteiger charge is 2.33. The molecule has 1 fully saturated rings. The molecule has 0 spiro atoms. The van der Waals surface area contributed by atoms with Gasteiger partial charge in [0, 0.05) is 23.0 Å². The van der Waals surface area contributed by atoms with Gasteiger partial charge in [-0.1, -0.05) is 11.6 Å². The van der Waals surface area contributed by atoms with Crippen LogP contribution in [0.2, 0.25) is 5.02 Å². The average Bonchev–Trinajstić information content (AvgIpc) is 2.95. The molecule has 6 nitrogen and oxygen atoms in total. The van der Waals surface area contributed by atoms with Crippen LogP contribution < -0.4 is 5.32 Å². The van der Waals surface area contributed by atoms with Crippen molar-refractivity contribution in [1.29, 1.82) is 5.26 Å². The van der Waals surface area contributed by atoms with Crippen molar-refractivity contribution < 1.29 is 13.2 Å². The summed E-state index contributed by atoms with van der Waals surface area (Å²) in [7, 11) is -3.69. The van der Waals surface area contributed by atoms with Crippen LogP contribution in [0.5, 0.6) is 0 Å². The molecule has 0 unspecified atom stereocenters. The minimum Gasteiger partial charge on any atom is -0.316 e. The predicted molar refractivity (Wildman–Crippen MR) is 110 cm³/mol. The Labute approximate surface area is 173 Å². The van der Waals surface area contributed by atoms with E-state index in [-0.39, 0.29) is 17.3 Å². The molecule has 1 saturated heterocycles. The molecule has 0 saturated carbocycles. The molecule has 1 aromatic carbocycles. The van der Waals surface area contributed by atoms with E-state index in [1.807, 2.05) is 13.8 Å². The molecule has 148 valence electrons. The first-order chi connectivity index (χ1) is 13.2. The molecule has 0 bridgehead atoms. The highest BCUT2D eigenvalue weighted by atomic mass is 35.5. The summed E-state index contributed by atoms with van der Waals surface area (Å²) >= 11 is 7.21. The van der Waals surface area contributed by atoms with Gasteiger partial charge in [-0.15, -0.1) is 11.3 Å². The zero-order valence-electron chi connectivity index (χ0n) is 15.5. The topological polar surface area (TPSA) is 90.3 Å². The van der Waals surface area contributed by atoms with Crippen LogP contribution in [0.3, 0.4) is 0 Å². The Kier molecular flexibility index (Phi) is 6.10. The van der Waals surface area contributed by atoms with Gasteiger partial charge in [-0.25, -0.2) is 8.42 Å². The van der Waals surface area contributed by atoms with Crippen LogP contribution in [-0.2, 0) is 14.8 Å². The summed E-state index contributed by atoms with van der Waals surface area (Å²) in [4.78, 5) is 13.9. The number of halogens is 1. The van der Waals surface area contributed by atoms with E-state index in [0.717, 1.165) is 10.4 Å². The van der Waals surface area contributed by atoms with Crippen LogP contribution in [0.25, 0.3) is 0 Å². The maximum atomic E-state index is 12.9. The van der Waals surface area contributed by atoms with Crippen molar-refractivity contribution in [1.82, 2.24) is 4.31 Å². The minimum atomic E-state index is -3.69. The summed E-state index contributed by atoms with van der Waals surface area (Å²) in [6, 6.07) is 8.14. The second-order valence-corrected chi connectivity index (χ2v) is 10.3. The molecule has 2 aromatic rings. The lowest BCUT2D eigenvalue weighted by molar-refractivity contribution is -0.120. The number of hydrogen-bond acceptors (Lipinski definition) is 5. The van der Waals surface area contributed by atoms with E-state index < -0.39 is 15.9 Å². The van der Waals surface area contributed by atoms with Gasteiger partial charge in [0.05, 0.1) is 16.4 Å². The number of sulfonamides is 1. The zero-order chi connectivity index (χ0) is 20.5. The Hall–Kier alpha value is -1.92. The fourth-order valence-corrected chi connectivity index (χ4v) is 5.86. The first-order valence-electron chi connectivity index (χ1n) is 8.80. The van der Waals surface area contributed by atoms with Gasteiger partial charge in [-0.05, 0) is 56.5 Å². The van der Waals surface area contributed by atoms with Crippen LogP contribution in [0.15, 0.2) is 29.2 Å². The van der Waals surface area contributed by atoms with Gasteiger partial charge in [0.2, 0.25) is 15.9 Å². The summed E-state index contributed by atoms with van der Waals surface area (Å²) in [5, 5.41) is 13.2. The van der Waals surface area contributed by atoms with E-state index in [0.29, 0.717) is 35.0 Å². The Morgan fingerprint density at radius 2 is 2.00 bits per heavy atom. The fraction of sp³-hybridized carbons (Fsp3) is 0.368. The Morgan fingerprint density at radius 3 is 2.64 bits per heavy atom. The second-order valence-electron chi connectivity index (χ2n) is 6.74. The number of carbonyl (C=O) groups excluding carboxylic acids is 1. The quantitative estimate of drug-likeness (QED) is 0.784. The average molecular weight is 438 g/mol. The number of nitriles is 1. The summed E-state index contributed by atoms with van der Waals surface area (Å²) in [6.07, 6.45) is 1.20. The van der Waals surface area contributed by atoms with Crippen LogP contribution in [0.1, 0.15) is 28.8 Å². The largest absolute Gasteiger partial charge is 0.316 e. The fourth-order valence-electron chi connectivity index (χ4n) is 3.19. The molecule has 1 aliphatic heterocycles. The number of hydrogen-bond donors (Lipinski definition) is 1. The van der Waals surface area contributed by atoms with Crippen molar-refractivity contribution >= 4 is 43.9 Å². The Bertz CT molecular complexity index is 1040. The first kappa shape index (κ1) is 20.8. The molecule has 3 rings (SSSR count).